The first-order valence-corrected chi connectivity index (χ1v) is 3.21. The van der Waals surface area contributed by atoms with Crippen LogP contribution in [0.25, 0.3) is 0 Å². The summed E-state index contributed by atoms with van der Waals surface area (Å²) in [7, 11) is 0. The maximum absolute atomic E-state index is 10.5. The van der Waals surface area contributed by atoms with Gasteiger partial charge in [0.15, 0.2) is 0 Å². The Morgan fingerprint density at radius 3 is 2.14 bits per heavy atom. The Morgan fingerprint density at radius 1 is 1.36 bits per heavy atom. The van der Waals surface area contributed by atoms with Crippen LogP contribution in [0.4, 0.5) is 0 Å². The molecular formula is C7H6CaO6. The number of carbonyl (C=O) groups excluding carboxylic acids is 3. The van der Waals surface area contributed by atoms with Crippen LogP contribution in [0.3, 0.4) is 0 Å². The number of carboxylic acid groups (broad SMARTS) is 2. The van der Waals surface area contributed by atoms with Crippen molar-refractivity contribution in [2.45, 2.75) is 12.5 Å². The summed E-state index contributed by atoms with van der Waals surface area (Å²) >= 11 is 0. The van der Waals surface area contributed by atoms with Crippen molar-refractivity contribution in [3.8, 4) is 0 Å². The van der Waals surface area contributed by atoms with E-state index in [0.29, 0.717) is 6.08 Å². The fraction of sp³-hybridized carbons (Fsp3) is 0.286. The first-order valence-electron chi connectivity index (χ1n) is 3.21. The Balaban J connectivity index is 0. The van der Waals surface area contributed by atoms with Gasteiger partial charge in [-0.05, 0) is 0 Å². The summed E-state index contributed by atoms with van der Waals surface area (Å²) in [5, 5.41) is 20.1. The van der Waals surface area contributed by atoms with E-state index in [2.05, 4.69) is 11.3 Å². The Kier molecular flexibility index (Phi) is 8.82. The van der Waals surface area contributed by atoms with Crippen LogP contribution in [0.15, 0.2) is 12.7 Å². The van der Waals surface area contributed by atoms with Gasteiger partial charge in [0.05, 0.1) is 5.97 Å². The first-order chi connectivity index (χ1) is 5.97. The quantitative estimate of drug-likeness (QED) is 0.274. The summed E-state index contributed by atoms with van der Waals surface area (Å²) in [6.07, 6.45) is -2.07. The summed E-state index contributed by atoms with van der Waals surface area (Å²) in [4.78, 5) is 30.6. The van der Waals surface area contributed by atoms with Crippen molar-refractivity contribution in [3.05, 3.63) is 12.7 Å². The molecule has 0 aliphatic heterocycles. The third-order valence-corrected chi connectivity index (χ3v) is 1.04. The van der Waals surface area contributed by atoms with Gasteiger partial charge in [-0.3, -0.25) is 0 Å². The molecule has 0 aromatic carbocycles. The van der Waals surface area contributed by atoms with Gasteiger partial charge < -0.3 is 24.5 Å². The number of esters is 1. The van der Waals surface area contributed by atoms with Crippen LogP contribution in [0.5, 0.6) is 0 Å². The Morgan fingerprint density at radius 2 is 1.86 bits per heavy atom. The van der Waals surface area contributed by atoms with Crippen LogP contribution >= 0.6 is 0 Å². The second kappa shape index (κ2) is 7.78. The zero-order chi connectivity index (χ0) is 10.4. The van der Waals surface area contributed by atoms with E-state index in [1.165, 1.54) is 0 Å². The van der Waals surface area contributed by atoms with Gasteiger partial charge in [0.2, 0.25) is 0 Å². The molecule has 0 aromatic rings. The van der Waals surface area contributed by atoms with Crippen LogP contribution < -0.4 is 10.2 Å². The molecule has 1 unspecified atom stereocenters. The predicted octanol–water partition coefficient (Wildman–Crippen LogP) is -3.41. The molecule has 72 valence electrons. The third-order valence-electron chi connectivity index (χ3n) is 1.04. The van der Waals surface area contributed by atoms with Crippen LogP contribution in [0.1, 0.15) is 6.42 Å². The van der Waals surface area contributed by atoms with Crippen LogP contribution in [-0.2, 0) is 19.1 Å². The second-order valence-corrected chi connectivity index (χ2v) is 2.02. The maximum atomic E-state index is 10.5. The SMILES string of the molecule is C=CC(=O)OC(CC(=O)[O-])C(=O)[O-].[Ca+2]. The summed E-state index contributed by atoms with van der Waals surface area (Å²) in [6.45, 7) is 3.00. The molecule has 7 heteroatoms. The van der Waals surface area contributed by atoms with E-state index in [9.17, 15) is 24.6 Å². The minimum absolute atomic E-state index is 0. The summed E-state index contributed by atoms with van der Waals surface area (Å²) in [6, 6.07) is 0. The first kappa shape index (κ1) is 15.9. The molecule has 0 saturated heterocycles. The molecule has 0 amide bonds. The normalized spacial score (nSPS) is 10.6. The molecule has 0 spiro atoms. The molecule has 0 aromatic heterocycles. The fourth-order valence-electron chi connectivity index (χ4n) is 0.513. The number of ether oxygens (including phenoxy) is 1. The minimum atomic E-state index is -1.84. The van der Waals surface area contributed by atoms with Gasteiger partial charge in [0, 0.05) is 18.5 Å². The molecule has 0 fully saturated rings. The van der Waals surface area contributed by atoms with Crippen molar-refractivity contribution >= 4 is 55.6 Å². The van der Waals surface area contributed by atoms with E-state index >= 15 is 0 Å². The van der Waals surface area contributed by atoms with Gasteiger partial charge in [0.25, 0.3) is 0 Å². The smallest absolute Gasteiger partial charge is 0.550 e. The zero-order valence-corrected chi connectivity index (χ0v) is 9.43. The molecular weight excluding hydrogens is 220 g/mol. The molecule has 0 saturated carbocycles. The van der Waals surface area contributed by atoms with E-state index in [-0.39, 0.29) is 37.7 Å². The van der Waals surface area contributed by atoms with Crippen molar-refractivity contribution in [1.82, 2.24) is 0 Å². The molecule has 0 radical (unpaired) electrons. The average Bonchev–Trinajstić information content (AvgIpc) is 2.02. The van der Waals surface area contributed by atoms with Crippen molar-refractivity contribution in [3.63, 3.8) is 0 Å². The third kappa shape index (κ3) is 6.88. The molecule has 0 bridgehead atoms. The largest absolute Gasteiger partial charge is 2.00 e. The average molecular weight is 226 g/mol. The molecule has 0 aliphatic rings. The van der Waals surface area contributed by atoms with Gasteiger partial charge in [-0.25, -0.2) is 4.79 Å². The predicted molar refractivity (Wildman–Crippen MR) is 40.5 cm³/mol. The van der Waals surface area contributed by atoms with E-state index < -0.39 is 30.4 Å². The fourth-order valence-corrected chi connectivity index (χ4v) is 0.513. The second-order valence-electron chi connectivity index (χ2n) is 2.02. The summed E-state index contributed by atoms with van der Waals surface area (Å²) < 4.78 is 4.13. The number of hydrogen-bond acceptors (Lipinski definition) is 6. The van der Waals surface area contributed by atoms with Gasteiger partial charge in [-0.15, -0.1) is 0 Å². The van der Waals surface area contributed by atoms with Crippen molar-refractivity contribution < 1.29 is 29.3 Å². The van der Waals surface area contributed by atoms with Crippen molar-refractivity contribution in [2.75, 3.05) is 0 Å². The summed E-state index contributed by atoms with van der Waals surface area (Å²) in [5.74, 6) is -4.47. The van der Waals surface area contributed by atoms with E-state index in [0.717, 1.165) is 0 Å². The van der Waals surface area contributed by atoms with Crippen molar-refractivity contribution in [1.29, 1.82) is 0 Å². The molecule has 0 N–H and O–H groups in total. The number of aliphatic carboxylic acids is 2. The Labute approximate surface area is 110 Å². The van der Waals surface area contributed by atoms with E-state index in [1.54, 1.807) is 0 Å². The van der Waals surface area contributed by atoms with E-state index in [4.69, 9.17) is 0 Å². The van der Waals surface area contributed by atoms with Gasteiger partial charge >= 0.3 is 43.7 Å². The number of rotatable bonds is 5. The standard InChI is InChI=1S/C7H8O6.Ca/c1-2-6(10)13-4(7(11)12)3-5(8)9;/h2,4H,1,3H2,(H,8,9)(H,11,12);/q;+2/p-2. The number of carboxylic acids is 2. The topological polar surface area (TPSA) is 107 Å². The molecule has 0 heterocycles. The maximum Gasteiger partial charge on any atom is 2.00 e. The Bertz CT molecular complexity index is 249. The zero-order valence-electron chi connectivity index (χ0n) is 7.23. The van der Waals surface area contributed by atoms with Gasteiger partial charge in [0.1, 0.15) is 6.10 Å². The molecule has 14 heavy (non-hydrogen) atoms. The molecule has 1 atom stereocenters. The summed E-state index contributed by atoms with van der Waals surface area (Å²) in [5.41, 5.74) is 0. The monoisotopic (exact) mass is 226 g/mol. The van der Waals surface area contributed by atoms with Crippen molar-refractivity contribution in [2.24, 2.45) is 0 Å². The molecule has 0 rings (SSSR count). The van der Waals surface area contributed by atoms with Gasteiger partial charge in [-0.2, -0.15) is 0 Å². The number of hydrogen-bond donors (Lipinski definition) is 0. The minimum Gasteiger partial charge on any atom is -0.550 e. The number of carbonyl (C=O) groups is 3. The molecule has 6 nitrogen and oxygen atoms in total. The van der Waals surface area contributed by atoms with Crippen LogP contribution in [0, 0.1) is 0 Å². The van der Waals surface area contributed by atoms with Gasteiger partial charge in [-0.1, -0.05) is 6.58 Å². The van der Waals surface area contributed by atoms with Crippen LogP contribution in [-0.4, -0.2) is 61.8 Å². The molecule has 0 aliphatic carbocycles. The van der Waals surface area contributed by atoms with Crippen LogP contribution in [0.2, 0.25) is 0 Å². The van der Waals surface area contributed by atoms with E-state index in [1.807, 2.05) is 0 Å². The Hall–Kier alpha value is -0.590.